The summed E-state index contributed by atoms with van der Waals surface area (Å²) in [7, 11) is 0. The van der Waals surface area contributed by atoms with E-state index in [-0.39, 0.29) is 11.5 Å². The zero-order valence-electron chi connectivity index (χ0n) is 10.7. The van der Waals surface area contributed by atoms with Crippen molar-refractivity contribution in [3.05, 3.63) is 22.8 Å². The Kier molecular flexibility index (Phi) is 3.77. The molecule has 1 unspecified atom stereocenters. The first-order valence-electron chi connectivity index (χ1n) is 5.91. The van der Waals surface area contributed by atoms with Gasteiger partial charge < -0.3 is 5.11 Å². The number of aliphatic hydroxyl groups excluding tert-OH is 1. The summed E-state index contributed by atoms with van der Waals surface area (Å²) in [5.41, 5.74) is 4.50. The van der Waals surface area contributed by atoms with Crippen molar-refractivity contribution in [2.75, 3.05) is 0 Å². The summed E-state index contributed by atoms with van der Waals surface area (Å²) in [4.78, 5) is 0. The van der Waals surface area contributed by atoms with Crippen LogP contribution in [0.4, 0.5) is 0 Å². The van der Waals surface area contributed by atoms with Crippen LogP contribution in [-0.4, -0.2) is 11.2 Å². The fraction of sp³-hybridized carbons (Fsp3) is 0.714. The van der Waals surface area contributed by atoms with Gasteiger partial charge in [-0.15, -0.1) is 0 Å². The highest BCUT2D eigenvalue weighted by atomic mass is 16.3. The molecular weight excluding hydrogens is 184 g/mol. The van der Waals surface area contributed by atoms with Gasteiger partial charge in [0.15, 0.2) is 0 Å². The fourth-order valence-corrected chi connectivity index (χ4v) is 2.94. The molecule has 1 heteroatoms. The van der Waals surface area contributed by atoms with Crippen LogP contribution >= 0.6 is 0 Å². The van der Waals surface area contributed by atoms with Gasteiger partial charge in [0, 0.05) is 0 Å². The van der Waals surface area contributed by atoms with Crippen molar-refractivity contribution in [3.8, 4) is 0 Å². The molecule has 0 saturated heterocycles. The molecule has 1 aliphatic rings. The second-order valence-electron chi connectivity index (χ2n) is 5.48. The lowest BCUT2D eigenvalue weighted by atomic mass is 9.70. The van der Waals surface area contributed by atoms with E-state index in [1.807, 2.05) is 13.0 Å². The normalized spacial score (nSPS) is 24.3. The summed E-state index contributed by atoms with van der Waals surface area (Å²) in [6.07, 6.45) is 5.38. The van der Waals surface area contributed by atoms with Gasteiger partial charge in [0.05, 0.1) is 6.10 Å². The molecule has 0 bridgehead atoms. The van der Waals surface area contributed by atoms with Crippen LogP contribution in [0.3, 0.4) is 0 Å². The van der Waals surface area contributed by atoms with Crippen molar-refractivity contribution < 1.29 is 5.11 Å². The van der Waals surface area contributed by atoms with Gasteiger partial charge in [-0.1, -0.05) is 25.5 Å². The summed E-state index contributed by atoms with van der Waals surface area (Å²) in [5, 5.41) is 9.41. The van der Waals surface area contributed by atoms with Crippen LogP contribution in [0.2, 0.25) is 0 Å². The van der Waals surface area contributed by atoms with Crippen LogP contribution in [0.25, 0.3) is 0 Å². The van der Waals surface area contributed by atoms with Crippen molar-refractivity contribution in [1.82, 2.24) is 0 Å². The number of allylic oxidation sites excluding steroid dienone is 3. The van der Waals surface area contributed by atoms with Crippen LogP contribution in [0.15, 0.2) is 22.8 Å². The van der Waals surface area contributed by atoms with Crippen molar-refractivity contribution in [1.29, 1.82) is 0 Å². The molecule has 0 spiro atoms. The van der Waals surface area contributed by atoms with Gasteiger partial charge in [-0.25, -0.2) is 0 Å². The van der Waals surface area contributed by atoms with Gasteiger partial charge in [-0.2, -0.15) is 0 Å². The monoisotopic (exact) mass is 208 g/mol. The minimum Gasteiger partial charge on any atom is -0.389 e. The molecule has 0 heterocycles. The molecule has 0 aromatic heterocycles. The second-order valence-corrected chi connectivity index (χ2v) is 5.48. The molecule has 1 rings (SSSR count). The molecule has 86 valence electrons. The van der Waals surface area contributed by atoms with E-state index in [0.717, 1.165) is 0 Å². The van der Waals surface area contributed by atoms with Crippen molar-refractivity contribution in [2.45, 2.75) is 60.0 Å². The van der Waals surface area contributed by atoms with E-state index in [9.17, 15) is 5.11 Å². The summed E-state index contributed by atoms with van der Waals surface area (Å²) < 4.78 is 0. The fourth-order valence-electron chi connectivity index (χ4n) is 2.94. The lowest BCUT2D eigenvalue weighted by Gasteiger charge is -2.35. The van der Waals surface area contributed by atoms with E-state index < -0.39 is 0 Å². The molecule has 0 aromatic carbocycles. The highest BCUT2D eigenvalue weighted by molar-refractivity contribution is 5.39. The summed E-state index contributed by atoms with van der Waals surface area (Å²) >= 11 is 0. The maximum absolute atomic E-state index is 9.41. The van der Waals surface area contributed by atoms with Gasteiger partial charge in [0.25, 0.3) is 0 Å². The molecule has 0 amide bonds. The third kappa shape index (κ3) is 2.94. The van der Waals surface area contributed by atoms with Crippen LogP contribution in [-0.2, 0) is 0 Å². The molecule has 15 heavy (non-hydrogen) atoms. The van der Waals surface area contributed by atoms with Gasteiger partial charge in [0.1, 0.15) is 0 Å². The van der Waals surface area contributed by atoms with Crippen molar-refractivity contribution in [3.63, 3.8) is 0 Å². The molecule has 0 radical (unpaired) electrons. The van der Waals surface area contributed by atoms with E-state index in [4.69, 9.17) is 0 Å². The topological polar surface area (TPSA) is 20.2 Å². The van der Waals surface area contributed by atoms with Gasteiger partial charge in [-0.05, 0) is 56.6 Å². The van der Waals surface area contributed by atoms with Crippen LogP contribution in [0.1, 0.15) is 53.9 Å². The zero-order chi connectivity index (χ0) is 11.6. The third-order valence-corrected chi connectivity index (χ3v) is 3.34. The van der Waals surface area contributed by atoms with Crippen LogP contribution in [0, 0.1) is 5.41 Å². The predicted molar refractivity (Wildman–Crippen MR) is 65.8 cm³/mol. The lowest BCUT2D eigenvalue weighted by molar-refractivity contribution is 0.243. The highest BCUT2D eigenvalue weighted by Gasteiger charge is 2.29. The molecule has 1 nitrogen and oxygen atoms in total. The standard InChI is InChI=1S/C14H24O/c1-10-7-6-8-14(4,5)13(10)11(2)9-12(3)15/h9,12,15H,6-8H2,1-5H3/b11-9+. The highest BCUT2D eigenvalue weighted by Crippen LogP contribution is 2.43. The van der Waals surface area contributed by atoms with Crippen LogP contribution in [0.5, 0.6) is 0 Å². The maximum atomic E-state index is 9.41. The minimum atomic E-state index is -0.344. The Morgan fingerprint density at radius 3 is 2.53 bits per heavy atom. The van der Waals surface area contributed by atoms with Crippen molar-refractivity contribution in [2.24, 2.45) is 5.41 Å². The summed E-state index contributed by atoms with van der Waals surface area (Å²) in [6.45, 7) is 10.8. The third-order valence-electron chi connectivity index (χ3n) is 3.34. The molecule has 1 atom stereocenters. The predicted octanol–water partition coefficient (Wildman–Crippen LogP) is 3.84. The Morgan fingerprint density at radius 2 is 2.07 bits per heavy atom. The molecule has 0 aliphatic heterocycles. The minimum absolute atomic E-state index is 0.276. The Bertz CT molecular complexity index is 292. The second kappa shape index (κ2) is 4.52. The van der Waals surface area contributed by atoms with Crippen molar-refractivity contribution >= 4 is 0 Å². The average Bonchev–Trinajstić information content (AvgIpc) is 1.99. The van der Waals surface area contributed by atoms with Gasteiger partial charge in [-0.3, -0.25) is 0 Å². The molecular formula is C14H24O. The zero-order valence-corrected chi connectivity index (χ0v) is 10.7. The van der Waals surface area contributed by atoms with E-state index in [1.54, 1.807) is 0 Å². The van der Waals surface area contributed by atoms with E-state index in [0.29, 0.717) is 0 Å². The first-order valence-corrected chi connectivity index (χ1v) is 5.91. The number of rotatable bonds is 2. The molecule has 1 N–H and O–H groups in total. The Balaban J connectivity index is 3.09. The SMILES string of the molecule is CC1=C(/C(C)=C/C(C)O)C(C)(C)CCC1. The quantitative estimate of drug-likeness (QED) is 0.731. The van der Waals surface area contributed by atoms with E-state index >= 15 is 0 Å². The van der Waals surface area contributed by atoms with E-state index in [1.165, 1.54) is 36.0 Å². The van der Waals surface area contributed by atoms with Crippen LogP contribution < -0.4 is 0 Å². The average molecular weight is 208 g/mol. The van der Waals surface area contributed by atoms with Gasteiger partial charge >= 0.3 is 0 Å². The smallest absolute Gasteiger partial charge is 0.0698 e. The van der Waals surface area contributed by atoms with E-state index in [2.05, 4.69) is 27.7 Å². The number of hydrogen-bond acceptors (Lipinski definition) is 1. The number of hydrogen-bond donors (Lipinski definition) is 1. The number of aliphatic hydroxyl groups is 1. The van der Waals surface area contributed by atoms with Gasteiger partial charge in [0.2, 0.25) is 0 Å². The first-order chi connectivity index (χ1) is 6.84. The summed E-state index contributed by atoms with van der Waals surface area (Å²) in [5.74, 6) is 0. The Morgan fingerprint density at radius 1 is 1.47 bits per heavy atom. The molecule has 1 aliphatic carbocycles. The molecule has 0 fully saturated rings. The first kappa shape index (κ1) is 12.5. The Hall–Kier alpha value is -0.560. The Labute approximate surface area is 93.9 Å². The maximum Gasteiger partial charge on any atom is 0.0698 e. The molecule has 0 saturated carbocycles. The molecule has 0 aromatic rings. The summed E-state index contributed by atoms with van der Waals surface area (Å²) in [6, 6.07) is 0. The lowest BCUT2D eigenvalue weighted by Crippen LogP contribution is -2.21. The largest absolute Gasteiger partial charge is 0.389 e.